The number of aliphatic hydroxyl groups is 1. The zero-order valence-electron chi connectivity index (χ0n) is 17.7. The summed E-state index contributed by atoms with van der Waals surface area (Å²) in [5, 5.41) is 15.6. The number of benzene rings is 1. The summed E-state index contributed by atoms with van der Waals surface area (Å²) < 4.78 is 6.84. The van der Waals surface area contributed by atoms with Gasteiger partial charge in [0.25, 0.3) is 5.56 Å². The first kappa shape index (κ1) is 19.9. The number of nitrogens with zero attached hydrogens (tertiary/aromatic N) is 2. The standard InChI is InChI=1S/C24H25N3O4/c1-3-9-25-11-15-14-7-5-6-8-19(14)26-21-16(15)12-27-20(21)10-18-17(22(27)28)13-31-23(29)24(18,30)4-2/h5-8,10,25,30H,3-4,9,11-13H2,1-2H3/t24-/m0/s1. The lowest BCUT2D eigenvalue weighted by Gasteiger charge is -2.31. The van der Waals surface area contributed by atoms with Gasteiger partial charge in [-0.25, -0.2) is 9.78 Å². The Hall–Kier alpha value is -3.03. The monoisotopic (exact) mass is 419 g/mol. The number of ether oxygens (including phenoxy) is 1. The number of aromatic nitrogens is 2. The molecule has 0 unspecified atom stereocenters. The van der Waals surface area contributed by atoms with Crippen LogP contribution in [0, 0.1) is 0 Å². The molecular weight excluding hydrogens is 394 g/mol. The minimum atomic E-state index is -1.81. The molecule has 5 rings (SSSR count). The van der Waals surface area contributed by atoms with Crippen LogP contribution >= 0.6 is 0 Å². The molecule has 0 radical (unpaired) electrons. The van der Waals surface area contributed by atoms with Crippen molar-refractivity contribution < 1.29 is 14.6 Å². The van der Waals surface area contributed by atoms with E-state index < -0.39 is 11.6 Å². The first-order valence-corrected chi connectivity index (χ1v) is 10.8. The van der Waals surface area contributed by atoms with Crippen LogP contribution in [0.15, 0.2) is 35.1 Å². The quantitative estimate of drug-likeness (QED) is 0.382. The second kappa shape index (κ2) is 7.28. The van der Waals surface area contributed by atoms with Gasteiger partial charge in [-0.1, -0.05) is 32.0 Å². The van der Waals surface area contributed by atoms with Crippen LogP contribution in [0.5, 0.6) is 0 Å². The van der Waals surface area contributed by atoms with Crippen molar-refractivity contribution in [1.82, 2.24) is 14.9 Å². The molecule has 2 aromatic heterocycles. The summed E-state index contributed by atoms with van der Waals surface area (Å²) in [6.45, 7) is 5.71. The Morgan fingerprint density at radius 1 is 1.23 bits per heavy atom. The number of carbonyl (C=O) groups excluding carboxylic acids is 1. The van der Waals surface area contributed by atoms with E-state index in [0.29, 0.717) is 29.9 Å². The molecule has 160 valence electrons. The van der Waals surface area contributed by atoms with Gasteiger partial charge in [0.15, 0.2) is 5.60 Å². The molecule has 0 fully saturated rings. The Morgan fingerprint density at radius 3 is 2.81 bits per heavy atom. The van der Waals surface area contributed by atoms with Crippen LogP contribution in [0.2, 0.25) is 0 Å². The minimum Gasteiger partial charge on any atom is -0.458 e. The van der Waals surface area contributed by atoms with Crippen molar-refractivity contribution in [3.8, 4) is 11.4 Å². The zero-order valence-corrected chi connectivity index (χ0v) is 17.7. The van der Waals surface area contributed by atoms with Crippen molar-refractivity contribution in [1.29, 1.82) is 0 Å². The third kappa shape index (κ3) is 2.84. The maximum Gasteiger partial charge on any atom is 0.343 e. The van der Waals surface area contributed by atoms with Gasteiger partial charge in [0.05, 0.1) is 29.0 Å². The fourth-order valence-electron chi connectivity index (χ4n) is 4.70. The normalized spacial score (nSPS) is 19.1. The fourth-order valence-corrected chi connectivity index (χ4v) is 4.70. The van der Waals surface area contributed by atoms with Crippen molar-refractivity contribution >= 4 is 16.9 Å². The molecule has 4 heterocycles. The number of pyridine rings is 2. The van der Waals surface area contributed by atoms with Gasteiger partial charge >= 0.3 is 5.97 Å². The highest BCUT2D eigenvalue weighted by Gasteiger charge is 2.45. The van der Waals surface area contributed by atoms with Gasteiger partial charge in [0, 0.05) is 23.1 Å². The smallest absolute Gasteiger partial charge is 0.343 e. The molecule has 0 saturated carbocycles. The molecule has 0 spiro atoms. The van der Waals surface area contributed by atoms with Crippen LogP contribution < -0.4 is 10.9 Å². The first-order valence-electron chi connectivity index (χ1n) is 10.8. The van der Waals surface area contributed by atoms with Gasteiger partial charge in [-0.05, 0) is 37.1 Å². The van der Waals surface area contributed by atoms with E-state index in [0.717, 1.165) is 40.7 Å². The van der Waals surface area contributed by atoms with E-state index >= 15 is 0 Å². The van der Waals surface area contributed by atoms with Crippen LogP contribution in [0.3, 0.4) is 0 Å². The molecule has 2 N–H and O–H groups in total. The number of hydrogen-bond donors (Lipinski definition) is 2. The molecule has 2 aliphatic heterocycles. The topological polar surface area (TPSA) is 93.5 Å². The molecule has 7 heteroatoms. The molecule has 7 nitrogen and oxygen atoms in total. The Bertz CT molecular complexity index is 1280. The predicted octanol–water partition coefficient (Wildman–Crippen LogP) is 2.58. The van der Waals surface area contributed by atoms with Gasteiger partial charge in [-0.3, -0.25) is 4.79 Å². The second-order valence-corrected chi connectivity index (χ2v) is 8.21. The van der Waals surface area contributed by atoms with Gasteiger partial charge in [-0.2, -0.15) is 0 Å². The van der Waals surface area contributed by atoms with E-state index in [2.05, 4.69) is 18.3 Å². The molecule has 2 aliphatic rings. The minimum absolute atomic E-state index is 0.119. The number of cyclic esters (lactones) is 1. The summed E-state index contributed by atoms with van der Waals surface area (Å²) in [4.78, 5) is 30.6. The van der Waals surface area contributed by atoms with Crippen molar-refractivity contribution in [3.63, 3.8) is 0 Å². The van der Waals surface area contributed by atoms with Gasteiger partial charge in [-0.15, -0.1) is 0 Å². The maximum absolute atomic E-state index is 13.4. The SMILES string of the molecule is CCCNCc1c2c(nc3ccccc13)-c1cc3c(c(=O)n1C2)COC(=O)[C@]3(O)CC. The average Bonchev–Trinajstić information content (AvgIpc) is 3.15. The highest BCUT2D eigenvalue weighted by molar-refractivity contribution is 5.89. The maximum atomic E-state index is 13.4. The molecule has 0 amide bonds. The number of nitrogens with one attached hydrogen (secondary N) is 1. The van der Waals surface area contributed by atoms with Crippen molar-refractivity contribution in [2.24, 2.45) is 0 Å². The van der Waals surface area contributed by atoms with Crippen molar-refractivity contribution in [2.45, 2.75) is 52.0 Å². The number of para-hydroxylation sites is 1. The first-order chi connectivity index (χ1) is 15.0. The van der Waals surface area contributed by atoms with Crippen molar-refractivity contribution in [2.75, 3.05) is 6.54 Å². The molecule has 0 aliphatic carbocycles. The molecule has 31 heavy (non-hydrogen) atoms. The second-order valence-electron chi connectivity index (χ2n) is 8.21. The summed E-state index contributed by atoms with van der Waals surface area (Å²) in [5.41, 5.74) is 3.02. The summed E-state index contributed by atoms with van der Waals surface area (Å²) in [5.74, 6) is -0.707. The van der Waals surface area contributed by atoms with E-state index in [1.807, 2.05) is 18.2 Å². The summed E-state index contributed by atoms with van der Waals surface area (Å²) in [7, 11) is 0. The zero-order chi connectivity index (χ0) is 21.8. The van der Waals surface area contributed by atoms with E-state index in [1.54, 1.807) is 17.6 Å². The van der Waals surface area contributed by atoms with E-state index in [4.69, 9.17) is 9.72 Å². The van der Waals surface area contributed by atoms with Crippen LogP contribution in [-0.4, -0.2) is 27.2 Å². The molecular formula is C24H25N3O4. The van der Waals surface area contributed by atoms with Crippen LogP contribution in [0.25, 0.3) is 22.3 Å². The lowest BCUT2D eigenvalue weighted by Crippen LogP contribution is -2.44. The number of fused-ring (bicyclic) bond motifs is 5. The van der Waals surface area contributed by atoms with E-state index in [9.17, 15) is 14.7 Å². The molecule has 1 atom stereocenters. The van der Waals surface area contributed by atoms with Crippen LogP contribution in [0.1, 0.15) is 48.9 Å². The van der Waals surface area contributed by atoms with Gasteiger partial charge in [0.1, 0.15) is 6.61 Å². The van der Waals surface area contributed by atoms with E-state index in [1.165, 1.54) is 0 Å². The fraction of sp³-hybridized carbons (Fsp3) is 0.375. The van der Waals surface area contributed by atoms with Crippen molar-refractivity contribution in [3.05, 3.63) is 62.9 Å². The van der Waals surface area contributed by atoms with Gasteiger partial charge in [0.2, 0.25) is 0 Å². The Labute approximate surface area is 179 Å². The summed E-state index contributed by atoms with van der Waals surface area (Å²) in [6.07, 6.45) is 1.16. The molecule has 0 bridgehead atoms. The highest BCUT2D eigenvalue weighted by Crippen LogP contribution is 2.40. The molecule has 1 aromatic carbocycles. The van der Waals surface area contributed by atoms with Crippen LogP contribution in [0.4, 0.5) is 0 Å². The average molecular weight is 419 g/mol. The molecule has 0 saturated heterocycles. The number of rotatable bonds is 5. The Kier molecular flexibility index (Phi) is 4.68. The third-order valence-corrected chi connectivity index (χ3v) is 6.44. The number of hydrogen-bond acceptors (Lipinski definition) is 6. The van der Waals surface area contributed by atoms with Gasteiger partial charge < -0.3 is 19.7 Å². The molecule has 3 aromatic rings. The van der Waals surface area contributed by atoms with Crippen LogP contribution in [-0.2, 0) is 34.8 Å². The third-order valence-electron chi connectivity index (χ3n) is 6.44. The number of carbonyl (C=O) groups is 1. The summed E-state index contributed by atoms with van der Waals surface area (Å²) in [6, 6.07) is 9.74. The Morgan fingerprint density at radius 2 is 2.03 bits per heavy atom. The number of esters is 1. The Balaban J connectivity index is 1.76. The lowest BCUT2D eigenvalue weighted by molar-refractivity contribution is -0.172. The summed E-state index contributed by atoms with van der Waals surface area (Å²) >= 11 is 0. The highest BCUT2D eigenvalue weighted by atomic mass is 16.6. The van der Waals surface area contributed by atoms with E-state index in [-0.39, 0.29) is 18.6 Å². The lowest BCUT2D eigenvalue weighted by atomic mass is 9.86. The largest absolute Gasteiger partial charge is 0.458 e. The predicted molar refractivity (Wildman–Crippen MR) is 117 cm³/mol.